The third kappa shape index (κ3) is 41.4. The number of hydrogen-bond acceptors (Lipinski definition) is 9. The van der Waals surface area contributed by atoms with E-state index in [0.717, 1.165) is 38.5 Å². The lowest BCUT2D eigenvalue weighted by molar-refractivity contribution is -0.153. The molecular formula is C47H91O10P. The predicted octanol–water partition coefficient (Wildman–Crippen LogP) is 13.2. The normalized spacial score (nSPS) is 13.8. The Morgan fingerprint density at radius 1 is 0.448 bits per heavy atom. The second-order valence-corrected chi connectivity index (χ2v) is 17.9. The molecule has 3 atom stereocenters. The third-order valence-corrected chi connectivity index (χ3v) is 11.7. The van der Waals surface area contributed by atoms with Gasteiger partial charge in [-0.3, -0.25) is 18.6 Å². The Morgan fingerprint density at radius 2 is 0.707 bits per heavy atom. The lowest BCUT2D eigenvalue weighted by Crippen LogP contribution is -2.28. The highest BCUT2D eigenvalue weighted by molar-refractivity contribution is 7.47. The van der Waals surface area contributed by atoms with Crippen molar-refractivity contribution in [1.82, 2.24) is 0 Å². The molecule has 0 bridgehead atoms. The van der Waals surface area contributed by atoms with Crippen molar-refractivity contribution in [3.05, 3.63) is 12.2 Å². The maximum atomic E-state index is 12.4. The van der Waals surface area contributed by atoms with Crippen LogP contribution in [-0.2, 0) is 32.7 Å². The van der Waals surface area contributed by atoms with Gasteiger partial charge in [0.2, 0.25) is 0 Å². The third-order valence-electron chi connectivity index (χ3n) is 10.7. The molecule has 0 aliphatic heterocycles. The molecule has 0 saturated carbocycles. The number of ether oxygens (including phenoxy) is 2. The summed E-state index contributed by atoms with van der Waals surface area (Å²) in [6, 6.07) is 0. The molecule has 0 rings (SSSR count). The van der Waals surface area contributed by atoms with Crippen molar-refractivity contribution in [1.29, 1.82) is 0 Å². The largest absolute Gasteiger partial charge is 0.472 e. The SMILES string of the molecule is CCCCCCCCCC/C=C\CCCCCCCCCCCCCC(=O)OC(CO)COP(=O)(O)OCC(CO)OC(=O)CCCCCCCCCCCCCC. The van der Waals surface area contributed by atoms with Crippen molar-refractivity contribution in [2.24, 2.45) is 0 Å². The summed E-state index contributed by atoms with van der Waals surface area (Å²) in [5.74, 6) is -1.01. The highest BCUT2D eigenvalue weighted by Crippen LogP contribution is 2.43. The van der Waals surface area contributed by atoms with E-state index in [1.54, 1.807) is 0 Å². The van der Waals surface area contributed by atoms with E-state index in [2.05, 4.69) is 26.0 Å². The molecule has 58 heavy (non-hydrogen) atoms. The minimum Gasteiger partial charge on any atom is -0.457 e. The molecule has 0 radical (unpaired) electrons. The lowest BCUT2D eigenvalue weighted by atomic mass is 10.0. The van der Waals surface area contributed by atoms with Gasteiger partial charge in [-0.1, -0.05) is 199 Å². The lowest BCUT2D eigenvalue weighted by Gasteiger charge is -2.20. The summed E-state index contributed by atoms with van der Waals surface area (Å²) in [5.41, 5.74) is 0. The van der Waals surface area contributed by atoms with Gasteiger partial charge in [0.15, 0.2) is 0 Å². The number of carbonyl (C=O) groups excluding carboxylic acids is 2. The quantitative estimate of drug-likeness (QED) is 0.0234. The van der Waals surface area contributed by atoms with E-state index in [-0.39, 0.29) is 12.8 Å². The topological polar surface area (TPSA) is 149 Å². The zero-order chi connectivity index (χ0) is 42.6. The molecule has 0 aromatic carbocycles. The van der Waals surface area contributed by atoms with Gasteiger partial charge >= 0.3 is 19.8 Å². The standard InChI is InChI=1S/C47H91O10P/c1-3-5-7-9-11-13-15-17-18-19-20-21-22-23-24-25-26-27-29-31-33-35-37-39-47(51)57-45(41-49)43-55-58(52,53)54-42-44(40-48)56-46(50)38-36-34-32-30-28-16-14-12-10-8-6-4-2/h19-20,44-45,48-49H,3-18,21-43H2,1-2H3,(H,52,53)/b20-19-. The van der Waals surface area contributed by atoms with Crippen molar-refractivity contribution in [2.45, 2.75) is 251 Å². The van der Waals surface area contributed by atoms with Crippen LogP contribution in [0.4, 0.5) is 0 Å². The fourth-order valence-electron chi connectivity index (χ4n) is 6.99. The van der Waals surface area contributed by atoms with E-state index in [4.69, 9.17) is 18.5 Å². The number of phosphoric acid groups is 1. The molecule has 0 saturated heterocycles. The number of unbranched alkanes of at least 4 members (excludes halogenated alkanes) is 30. The van der Waals surface area contributed by atoms with E-state index in [1.807, 2.05) is 0 Å². The molecule has 3 N–H and O–H groups in total. The van der Waals surface area contributed by atoms with Crippen LogP contribution in [0.5, 0.6) is 0 Å². The van der Waals surface area contributed by atoms with Gasteiger partial charge in [0.1, 0.15) is 12.2 Å². The molecule has 0 fully saturated rings. The Morgan fingerprint density at radius 3 is 0.983 bits per heavy atom. The Hall–Kier alpha value is -1.29. The molecule has 0 aliphatic carbocycles. The maximum absolute atomic E-state index is 12.4. The average Bonchev–Trinajstić information content (AvgIpc) is 3.21. The number of aliphatic hydroxyl groups excluding tert-OH is 2. The average molecular weight is 847 g/mol. The second kappa shape index (κ2) is 43.8. The van der Waals surface area contributed by atoms with E-state index < -0.39 is 58.4 Å². The number of rotatable bonds is 46. The summed E-state index contributed by atoms with van der Waals surface area (Å²) in [5, 5.41) is 19.2. The van der Waals surface area contributed by atoms with Crippen LogP contribution in [0.3, 0.4) is 0 Å². The van der Waals surface area contributed by atoms with E-state index in [0.29, 0.717) is 12.8 Å². The number of hydrogen-bond donors (Lipinski definition) is 3. The maximum Gasteiger partial charge on any atom is 0.472 e. The fraction of sp³-hybridized carbons (Fsp3) is 0.915. The highest BCUT2D eigenvalue weighted by atomic mass is 31.2. The Balaban J connectivity index is 3.80. The fourth-order valence-corrected chi connectivity index (χ4v) is 7.78. The number of aliphatic hydroxyl groups is 2. The summed E-state index contributed by atoms with van der Waals surface area (Å²) < 4.78 is 32.6. The van der Waals surface area contributed by atoms with Crippen LogP contribution >= 0.6 is 7.82 Å². The van der Waals surface area contributed by atoms with Gasteiger partial charge in [0, 0.05) is 12.8 Å². The van der Waals surface area contributed by atoms with E-state index >= 15 is 0 Å². The minimum absolute atomic E-state index is 0.195. The van der Waals surface area contributed by atoms with Crippen LogP contribution in [0.15, 0.2) is 12.2 Å². The Kier molecular flexibility index (Phi) is 42.8. The second-order valence-electron chi connectivity index (χ2n) is 16.5. The molecule has 3 unspecified atom stereocenters. The van der Waals surface area contributed by atoms with Crippen LogP contribution in [-0.4, -0.2) is 65.7 Å². The van der Waals surface area contributed by atoms with Crippen molar-refractivity contribution in [3.63, 3.8) is 0 Å². The van der Waals surface area contributed by atoms with Crippen LogP contribution in [0.25, 0.3) is 0 Å². The van der Waals surface area contributed by atoms with Gasteiger partial charge in [-0.25, -0.2) is 4.57 Å². The molecule has 0 spiro atoms. The molecule has 0 aromatic heterocycles. The first-order valence-corrected chi connectivity index (χ1v) is 25.6. The number of esters is 2. The van der Waals surface area contributed by atoms with E-state index in [9.17, 15) is 29.3 Å². The van der Waals surface area contributed by atoms with Crippen molar-refractivity contribution in [3.8, 4) is 0 Å². The smallest absolute Gasteiger partial charge is 0.457 e. The molecular weight excluding hydrogens is 755 g/mol. The van der Waals surface area contributed by atoms with Crippen LogP contribution in [0, 0.1) is 0 Å². The molecule has 344 valence electrons. The van der Waals surface area contributed by atoms with Gasteiger partial charge < -0.3 is 24.6 Å². The molecule has 10 nitrogen and oxygen atoms in total. The van der Waals surface area contributed by atoms with E-state index in [1.165, 1.54) is 161 Å². The van der Waals surface area contributed by atoms with Gasteiger partial charge in [0.25, 0.3) is 0 Å². The van der Waals surface area contributed by atoms with Gasteiger partial charge in [-0.2, -0.15) is 0 Å². The molecule has 0 aromatic rings. The number of carbonyl (C=O) groups is 2. The highest BCUT2D eigenvalue weighted by Gasteiger charge is 2.27. The van der Waals surface area contributed by atoms with Gasteiger partial charge in [-0.15, -0.1) is 0 Å². The first-order valence-electron chi connectivity index (χ1n) is 24.1. The van der Waals surface area contributed by atoms with Crippen molar-refractivity contribution >= 4 is 19.8 Å². The monoisotopic (exact) mass is 847 g/mol. The molecule has 0 amide bonds. The van der Waals surface area contributed by atoms with Crippen LogP contribution < -0.4 is 0 Å². The summed E-state index contributed by atoms with van der Waals surface area (Å²) in [6.07, 6.45) is 43.3. The summed E-state index contributed by atoms with van der Waals surface area (Å²) in [6.45, 7) is 2.24. The van der Waals surface area contributed by atoms with Crippen molar-refractivity contribution in [2.75, 3.05) is 26.4 Å². The van der Waals surface area contributed by atoms with Crippen LogP contribution in [0.2, 0.25) is 0 Å². The van der Waals surface area contributed by atoms with Crippen molar-refractivity contribution < 1.29 is 47.8 Å². The molecule has 0 aliphatic rings. The zero-order valence-electron chi connectivity index (χ0n) is 37.5. The summed E-state index contributed by atoms with van der Waals surface area (Å²) in [7, 11) is -4.63. The van der Waals surface area contributed by atoms with Gasteiger partial charge in [0.05, 0.1) is 26.4 Å². The molecule has 11 heteroatoms. The Bertz CT molecular complexity index is 977. The zero-order valence-corrected chi connectivity index (χ0v) is 38.4. The summed E-state index contributed by atoms with van der Waals surface area (Å²) >= 11 is 0. The predicted molar refractivity (Wildman–Crippen MR) is 238 cm³/mol. The van der Waals surface area contributed by atoms with Crippen LogP contribution in [0.1, 0.15) is 239 Å². The summed E-state index contributed by atoms with van der Waals surface area (Å²) in [4.78, 5) is 34.5. The minimum atomic E-state index is -4.63. The first kappa shape index (κ1) is 56.7. The number of allylic oxidation sites excluding steroid dienone is 2. The molecule has 0 heterocycles. The number of phosphoric ester groups is 1. The Labute approximate surface area is 356 Å². The van der Waals surface area contributed by atoms with Gasteiger partial charge in [-0.05, 0) is 38.5 Å². The first-order chi connectivity index (χ1) is 28.3.